The van der Waals surface area contributed by atoms with Gasteiger partial charge in [0, 0.05) is 0 Å². The number of hydrogen-bond acceptors (Lipinski definition) is 0. The molecule has 0 saturated heterocycles. The van der Waals surface area contributed by atoms with Crippen molar-refractivity contribution in [2.75, 3.05) is 0 Å². The maximum absolute atomic E-state index is 2.51. The van der Waals surface area contributed by atoms with E-state index in [1.54, 1.807) is 18.9 Å². The third kappa shape index (κ3) is 5.63. The topological polar surface area (TPSA) is 0 Å². The standard InChI is InChI=1S/2C10H15.2ClH.Ti/c2*1-8-5-6-9(7-8)10(2,3)4;;;/h7H,6H2,1-4H3;6-8H,1-4H3;2*1H;/q;;;;+2/p-2. The first-order valence-electron chi connectivity index (χ1n) is 8.10. The van der Waals surface area contributed by atoms with Crippen LogP contribution in [0.25, 0.3) is 0 Å². The zero-order valence-electron chi connectivity index (χ0n) is 15.8. The molecule has 23 heavy (non-hydrogen) atoms. The van der Waals surface area contributed by atoms with E-state index in [4.69, 9.17) is 0 Å². The van der Waals surface area contributed by atoms with Crippen LogP contribution < -0.4 is 24.8 Å². The number of halogens is 2. The Bertz CT molecular complexity index is 563. The molecule has 0 amide bonds. The number of rotatable bonds is 2. The fraction of sp³-hybridized carbons (Fsp3) is 0.600. The zero-order chi connectivity index (χ0) is 16.0. The Kier molecular flexibility index (Phi) is 8.18. The summed E-state index contributed by atoms with van der Waals surface area (Å²) in [6.45, 7) is 18.7. The molecule has 0 aromatic carbocycles. The molecule has 0 bridgehead atoms. The van der Waals surface area contributed by atoms with Gasteiger partial charge < -0.3 is 24.8 Å². The van der Waals surface area contributed by atoms with Crippen LogP contribution >= 0.6 is 0 Å². The second-order valence-electron chi connectivity index (χ2n) is 8.64. The maximum Gasteiger partial charge on any atom is -1.00 e. The van der Waals surface area contributed by atoms with Gasteiger partial charge in [0.05, 0.1) is 0 Å². The van der Waals surface area contributed by atoms with Crippen molar-refractivity contribution in [1.82, 2.24) is 0 Å². The van der Waals surface area contributed by atoms with Crippen molar-refractivity contribution in [2.45, 2.75) is 61.8 Å². The van der Waals surface area contributed by atoms with Gasteiger partial charge in [0.15, 0.2) is 0 Å². The fourth-order valence-corrected chi connectivity index (χ4v) is 5.09. The Morgan fingerprint density at radius 2 is 1.52 bits per heavy atom. The van der Waals surface area contributed by atoms with E-state index in [-0.39, 0.29) is 49.4 Å². The summed E-state index contributed by atoms with van der Waals surface area (Å²) >= 11 is -0.131. The molecule has 0 saturated carbocycles. The molecule has 1 unspecified atom stereocenters. The Hall–Kier alpha value is 0.254. The van der Waals surface area contributed by atoms with Gasteiger partial charge in [-0.2, -0.15) is 0 Å². The van der Waals surface area contributed by atoms with Gasteiger partial charge in [0.2, 0.25) is 0 Å². The molecular weight excluding hydrogens is 359 g/mol. The molecule has 0 aromatic heterocycles. The van der Waals surface area contributed by atoms with Crippen LogP contribution in [-0.2, 0) is 19.2 Å². The third-order valence-corrected chi connectivity index (χ3v) is 7.34. The van der Waals surface area contributed by atoms with Crippen LogP contribution in [0.5, 0.6) is 0 Å². The minimum atomic E-state index is -0.131. The minimum absolute atomic E-state index is 0. The molecule has 2 rings (SSSR count). The quantitative estimate of drug-likeness (QED) is 0.594. The molecule has 0 N–H and O–H groups in total. The summed E-state index contributed by atoms with van der Waals surface area (Å²) < 4.78 is 3.47. The van der Waals surface area contributed by atoms with Crippen LogP contribution in [0.15, 0.2) is 42.7 Å². The van der Waals surface area contributed by atoms with Gasteiger partial charge in [-0.15, -0.1) is 0 Å². The molecule has 128 valence electrons. The van der Waals surface area contributed by atoms with Gasteiger partial charge in [-0.05, 0) is 0 Å². The molecule has 0 heterocycles. The summed E-state index contributed by atoms with van der Waals surface area (Å²) in [5.74, 6) is 0.651. The van der Waals surface area contributed by atoms with Crippen molar-refractivity contribution >= 4 is 0 Å². The molecule has 2 aliphatic carbocycles. The van der Waals surface area contributed by atoms with Crippen LogP contribution in [0, 0.1) is 16.7 Å². The van der Waals surface area contributed by atoms with Gasteiger partial charge in [-0.3, -0.25) is 0 Å². The smallest absolute Gasteiger partial charge is 1.00 e. The molecule has 3 heteroatoms. The second kappa shape index (κ2) is 8.09. The van der Waals surface area contributed by atoms with Gasteiger partial charge in [-0.1, -0.05) is 0 Å². The van der Waals surface area contributed by atoms with E-state index >= 15 is 0 Å². The van der Waals surface area contributed by atoms with Crippen LogP contribution in [0.4, 0.5) is 0 Å². The van der Waals surface area contributed by atoms with Crippen molar-refractivity contribution in [3.63, 3.8) is 0 Å². The average molecular weight is 389 g/mol. The summed E-state index contributed by atoms with van der Waals surface area (Å²) in [4.78, 5) is 0. The number of allylic oxidation sites excluding steroid dienone is 8. The van der Waals surface area contributed by atoms with Crippen LogP contribution in [-0.4, -0.2) is 0 Å². The van der Waals surface area contributed by atoms with Crippen LogP contribution in [0.2, 0.25) is 0 Å². The molecule has 0 radical (unpaired) electrons. The predicted molar refractivity (Wildman–Crippen MR) is 89.6 cm³/mol. The van der Waals surface area contributed by atoms with Gasteiger partial charge in [-0.25, -0.2) is 0 Å². The predicted octanol–water partition coefficient (Wildman–Crippen LogP) is 0.233. The first kappa shape index (κ1) is 23.3. The first-order valence-corrected chi connectivity index (χ1v) is 9.66. The minimum Gasteiger partial charge on any atom is -1.00 e. The van der Waals surface area contributed by atoms with Crippen molar-refractivity contribution in [1.29, 1.82) is 0 Å². The first-order chi connectivity index (χ1) is 9.48. The molecule has 1 atom stereocenters. The van der Waals surface area contributed by atoms with E-state index in [2.05, 4.69) is 73.6 Å². The molecular formula is C20H30Cl2Ti. The van der Waals surface area contributed by atoms with E-state index in [9.17, 15) is 0 Å². The van der Waals surface area contributed by atoms with Gasteiger partial charge in [0.25, 0.3) is 0 Å². The van der Waals surface area contributed by atoms with Crippen molar-refractivity contribution < 1.29 is 44.0 Å². The summed E-state index contributed by atoms with van der Waals surface area (Å²) in [7, 11) is 0. The van der Waals surface area contributed by atoms with E-state index in [1.165, 1.54) is 12.0 Å². The third-order valence-electron chi connectivity index (χ3n) is 4.59. The van der Waals surface area contributed by atoms with Crippen molar-refractivity contribution in [2.24, 2.45) is 16.7 Å². The normalized spacial score (nSPS) is 21.0. The summed E-state index contributed by atoms with van der Waals surface area (Å²) in [5, 5.41) is 0. The molecule has 2 aliphatic rings. The van der Waals surface area contributed by atoms with Crippen molar-refractivity contribution in [3.8, 4) is 0 Å². The van der Waals surface area contributed by atoms with E-state index in [0.717, 1.165) is 0 Å². The maximum atomic E-state index is 2.51. The average Bonchev–Trinajstić information content (AvgIpc) is 2.84. The van der Waals surface area contributed by atoms with E-state index in [0.29, 0.717) is 11.3 Å². The molecule has 0 aromatic rings. The van der Waals surface area contributed by atoms with Gasteiger partial charge in [0.1, 0.15) is 0 Å². The Morgan fingerprint density at radius 3 is 1.91 bits per heavy atom. The summed E-state index contributed by atoms with van der Waals surface area (Å²) in [6.07, 6.45) is 8.68. The summed E-state index contributed by atoms with van der Waals surface area (Å²) in [6, 6.07) is 0. The molecule has 0 fully saturated rings. The monoisotopic (exact) mass is 388 g/mol. The van der Waals surface area contributed by atoms with Crippen molar-refractivity contribution in [3.05, 3.63) is 42.7 Å². The fourth-order valence-electron chi connectivity index (χ4n) is 2.85. The molecule has 0 nitrogen and oxygen atoms in total. The summed E-state index contributed by atoms with van der Waals surface area (Å²) in [5.41, 5.74) is 5.32. The Morgan fingerprint density at radius 1 is 0.957 bits per heavy atom. The van der Waals surface area contributed by atoms with Gasteiger partial charge >= 0.3 is 140 Å². The molecule has 0 aliphatic heterocycles. The Balaban J connectivity index is 0.00000242. The van der Waals surface area contributed by atoms with E-state index < -0.39 is 0 Å². The zero-order valence-corrected chi connectivity index (χ0v) is 18.8. The SMILES string of the molecule is CC1=[C]([Ti+2][C]2=CC(C(C)(C)C)=CC2C)CC(C(C)(C)C)=C1.[Cl-].[Cl-]. The number of hydrogen-bond donors (Lipinski definition) is 0. The molecule has 0 spiro atoms. The Labute approximate surface area is 164 Å². The van der Waals surface area contributed by atoms with E-state index in [1.807, 2.05) is 0 Å². The van der Waals surface area contributed by atoms with Crippen LogP contribution in [0.3, 0.4) is 0 Å². The largest absolute Gasteiger partial charge is 1.00 e. The second-order valence-corrected chi connectivity index (χ2v) is 10.9. The van der Waals surface area contributed by atoms with Crippen LogP contribution in [0.1, 0.15) is 61.8 Å².